The van der Waals surface area contributed by atoms with Gasteiger partial charge in [-0.3, -0.25) is 4.79 Å². The van der Waals surface area contributed by atoms with Crippen LogP contribution in [0.3, 0.4) is 0 Å². The van der Waals surface area contributed by atoms with Crippen molar-refractivity contribution in [3.05, 3.63) is 24.3 Å². The van der Waals surface area contributed by atoms with E-state index in [4.69, 9.17) is 5.11 Å². The van der Waals surface area contributed by atoms with Gasteiger partial charge in [0.1, 0.15) is 5.25 Å². The van der Waals surface area contributed by atoms with Crippen LogP contribution in [0.4, 0.5) is 0 Å². The van der Waals surface area contributed by atoms with Crippen LogP contribution < -0.4 is 0 Å². The summed E-state index contributed by atoms with van der Waals surface area (Å²) >= 11 is 1.33. The molecule has 0 unspecified atom stereocenters. The molecule has 0 saturated carbocycles. The quantitative estimate of drug-likeness (QED) is 0.843. The van der Waals surface area contributed by atoms with E-state index in [0.717, 1.165) is 22.7 Å². The number of aliphatic carboxylic acids is 1. The molecule has 0 saturated heterocycles. The van der Waals surface area contributed by atoms with Gasteiger partial charge in [0.25, 0.3) is 0 Å². The Morgan fingerprint density at radius 1 is 1.44 bits per heavy atom. The van der Waals surface area contributed by atoms with Gasteiger partial charge in [0.2, 0.25) is 0 Å². The smallest absolute Gasteiger partial charge is 0.317 e. The number of rotatable bonds is 5. The van der Waals surface area contributed by atoms with Gasteiger partial charge in [-0.2, -0.15) is 0 Å². The molecule has 1 aromatic heterocycles. The summed E-state index contributed by atoms with van der Waals surface area (Å²) in [5.74, 6) is -0.780. The molecule has 5 heteroatoms. The lowest BCUT2D eigenvalue weighted by Crippen LogP contribution is -2.15. The number of imidazole rings is 1. The lowest BCUT2D eigenvalue weighted by atomic mass is 10.3. The third-order valence-corrected chi connectivity index (χ3v) is 4.17. The molecule has 0 aliphatic carbocycles. The summed E-state index contributed by atoms with van der Waals surface area (Å²) in [6.07, 6.45) is 0.590. The number of nitrogens with zero attached hydrogens (tertiary/aromatic N) is 2. The van der Waals surface area contributed by atoms with Crippen molar-refractivity contribution in [1.82, 2.24) is 9.55 Å². The highest BCUT2D eigenvalue weighted by atomic mass is 32.2. The van der Waals surface area contributed by atoms with Gasteiger partial charge in [0, 0.05) is 6.54 Å². The van der Waals surface area contributed by atoms with E-state index in [0.29, 0.717) is 6.42 Å². The van der Waals surface area contributed by atoms with Crippen molar-refractivity contribution in [2.75, 3.05) is 0 Å². The standard InChI is InChI=1S/C13H16N2O2S/c1-3-11(12(16)17)18-13-14-9-7-5-6-8-10(9)15(13)4-2/h5-8,11H,3-4H2,1-2H3,(H,16,17)/t11-/m1/s1. The van der Waals surface area contributed by atoms with Gasteiger partial charge in [0.05, 0.1) is 11.0 Å². The van der Waals surface area contributed by atoms with Gasteiger partial charge in [-0.1, -0.05) is 30.8 Å². The second kappa shape index (κ2) is 5.44. The van der Waals surface area contributed by atoms with Crippen LogP contribution in [0.2, 0.25) is 0 Å². The second-order valence-corrected chi connectivity index (χ2v) is 5.15. The van der Waals surface area contributed by atoms with E-state index in [1.165, 1.54) is 11.8 Å². The lowest BCUT2D eigenvalue weighted by Gasteiger charge is -2.10. The number of fused-ring (bicyclic) bond motifs is 1. The largest absolute Gasteiger partial charge is 0.480 e. The van der Waals surface area contributed by atoms with Gasteiger partial charge in [-0.05, 0) is 25.5 Å². The summed E-state index contributed by atoms with van der Waals surface area (Å²) in [6, 6.07) is 7.88. The van der Waals surface area contributed by atoms with Crippen LogP contribution in [0.1, 0.15) is 20.3 Å². The topological polar surface area (TPSA) is 55.1 Å². The van der Waals surface area contributed by atoms with E-state index in [1.807, 2.05) is 38.1 Å². The maximum absolute atomic E-state index is 11.1. The van der Waals surface area contributed by atoms with E-state index in [2.05, 4.69) is 9.55 Å². The van der Waals surface area contributed by atoms with Crippen molar-refractivity contribution >= 4 is 28.8 Å². The summed E-state index contributed by atoms with van der Waals surface area (Å²) in [7, 11) is 0. The van der Waals surface area contributed by atoms with Crippen molar-refractivity contribution < 1.29 is 9.90 Å². The maximum atomic E-state index is 11.1. The Morgan fingerprint density at radius 3 is 2.78 bits per heavy atom. The molecule has 4 nitrogen and oxygen atoms in total. The fourth-order valence-electron chi connectivity index (χ4n) is 1.88. The highest BCUT2D eigenvalue weighted by Crippen LogP contribution is 2.28. The second-order valence-electron chi connectivity index (χ2n) is 3.98. The van der Waals surface area contributed by atoms with E-state index in [-0.39, 0.29) is 0 Å². The Balaban J connectivity index is 2.41. The molecule has 2 rings (SSSR count). The minimum atomic E-state index is -0.780. The van der Waals surface area contributed by atoms with Gasteiger partial charge >= 0.3 is 5.97 Å². The summed E-state index contributed by atoms with van der Waals surface area (Å²) < 4.78 is 2.06. The minimum Gasteiger partial charge on any atom is -0.480 e. The molecule has 1 atom stereocenters. The fraction of sp³-hybridized carbons (Fsp3) is 0.385. The highest BCUT2D eigenvalue weighted by Gasteiger charge is 2.20. The van der Waals surface area contributed by atoms with Gasteiger partial charge < -0.3 is 9.67 Å². The van der Waals surface area contributed by atoms with Crippen molar-refractivity contribution in [2.24, 2.45) is 0 Å². The van der Waals surface area contributed by atoms with Crippen molar-refractivity contribution in [2.45, 2.75) is 37.2 Å². The molecule has 0 aliphatic rings. The molecule has 1 aromatic carbocycles. The molecule has 96 valence electrons. The van der Waals surface area contributed by atoms with Gasteiger partial charge in [0.15, 0.2) is 5.16 Å². The van der Waals surface area contributed by atoms with Crippen LogP contribution in [-0.2, 0) is 11.3 Å². The Kier molecular flexibility index (Phi) is 3.91. The number of benzene rings is 1. The Hall–Kier alpha value is -1.49. The molecule has 1 heterocycles. The average molecular weight is 264 g/mol. The number of thioether (sulfide) groups is 1. The molecule has 0 aliphatic heterocycles. The van der Waals surface area contributed by atoms with Crippen LogP contribution in [0, 0.1) is 0 Å². The summed E-state index contributed by atoms with van der Waals surface area (Å²) in [5, 5.41) is 9.46. The molecule has 0 fully saturated rings. The molecular formula is C13H16N2O2S. The number of aryl methyl sites for hydroxylation is 1. The zero-order valence-electron chi connectivity index (χ0n) is 10.5. The number of carboxylic acid groups (broad SMARTS) is 1. The Labute approximate surface area is 110 Å². The normalized spacial score (nSPS) is 12.8. The van der Waals surface area contributed by atoms with Crippen molar-refractivity contribution in [3.8, 4) is 0 Å². The molecule has 0 spiro atoms. The first-order valence-corrected chi connectivity index (χ1v) is 6.90. The first kappa shape index (κ1) is 13.0. The zero-order valence-corrected chi connectivity index (χ0v) is 11.3. The maximum Gasteiger partial charge on any atom is 0.317 e. The van der Waals surface area contributed by atoms with E-state index in [9.17, 15) is 4.79 Å². The molecule has 18 heavy (non-hydrogen) atoms. The molecule has 2 aromatic rings. The summed E-state index contributed by atoms with van der Waals surface area (Å²) in [5.41, 5.74) is 1.98. The van der Waals surface area contributed by atoms with E-state index < -0.39 is 11.2 Å². The van der Waals surface area contributed by atoms with Crippen LogP contribution in [-0.4, -0.2) is 25.9 Å². The monoisotopic (exact) mass is 264 g/mol. The third kappa shape index (κ3) is 2.36. The molecule has 0 amide bonds. The number of carbonyl (C=O) groups is 1. The highest BCUT2D eigenvalue weighted by molar-refractivity contribution is 8.00. The molecule has 1 N–H and O–H groups in total. The van der Waals surface area contributed by atoms with Crippen LogP contribution in [0.25, 0.3) is 11.0 Å². The molecule has 0 bridgehead atoms. The van der Waals surface area contributed by atoms with E-state index >= 15 is 0 Å². The Morgan fingerprint density at radius 2 is 2.17 bits per heavy atom. The first-order chi connectivity index (χ1) is 8.67. The SMILES string of the molecule is CC[C@@H](Sc1nc2ccccc2n1CC)C(=O)O. The molecule has 0 radical (unpaired) electrons. The third-order valence-electron chi connectivity index (χ3n) is 2.83. The minimum absolute atomic E-state index is 0.438. The summed E-state index contributed by atoms with van der Waals surface area (Å²) in [4.78, 5) is 15.6. The van der Waals surface area contributed by atoms with Crippen molar-refractivity contribution in [3.63, 3.8) is 0 Å². The fourth-order valence-corrected chi connectivity index (χ4v) is 2.91. The van der Waals surface area contributed by atoms with Gasteiger partial charge in [-0.25, -0.2) is 4.98 Å². The number of hydrogen-bond donors (Lipinski definition) is 1. The van der Waals surface area contributed by atoms with E-state index in [1.54, 1.807) is 0 Å². The van der Waals surface area contributed by atoms with Crippen LogP contribution >= 0.6 is 11.8 Å². The number of aromatic nitrogens is 2. The van der Waals surface area contributed by atoms with Crippen LogP contribution in [0.5, 0.6) is 0 Å². The number of para-hydroxylation sites is 2. The predicted molar refractivity (Wildman–Crippen MR) is 73.0 cm³/mol. The number of carboxylic acids is 1. The van der Waals surface area contributed by atoms with Crippen molar-refractivity contribution in [1.29, 1.82) is 0 Å². The zero-order chi connectivity index (χ0) is 13.1. The first-order valence-electron chi connectivity index (χ1n) is 6.02. The summed E-state index contributed by atoms with van der Waals surface area (Å²) in [6.45, 7) is 4.71. The lowest BCUT2D eigenvalue weighted by molar-refractivity contribution is -0.136. The Bertz CT molecular complexity index is 565. The number of hydrogen-bond acceptors (Lipinski definition) is 3. The van der Waals surface area contributed by atoms with Gasteiger partial charge in [-0.15, -0.1) is 0 Å². The van der Waals surface area contributed by atoms with Crippen LogP contribution in [0.15, 0.2) is 29.4 Å². The predicted octanol–water partition coefficient (Wildman–Crippen LogP) is 3.01. The average Bonchev–Trinajstić information content (AvgIpc) is 2.72. The molecular weight excluding hydrogens is 248 g/mol.